The summed E-state index contributed by atoms with van der Waals surface area (Å²) < 4.78 is 0. The third-order valence-corrected chi connectivity index (χ3v) is 3.76. The van der Waals surface area contributed by atoms with Crippen LogP contribution < -0.4 is 10.2 Å². The van der Waals surface area contributed by atoms with E-state index in [9.17, 15) is 4.79 Å². The third kappa shape index (κ3) is 2.89. The molecular weight excluding hydrogens is 262 g/mol. The lowest BCUT2D eigenvalue weighted by Crippen LogP contribution is -2.33. The first-order chi connectivity index (χ1) is 10.1. The van der Waals surface area contributed by atoms with Gasteiger partial charge >= 0.3 is 0 Å². The fraction of sp³-hybridized carbons (Fsp3) is 0.294. The number of benzene rings is 1. The second-order valence-electron chi connectivity index (χ2n) is 5.48. The monoisotopic (exact) mass is 281 g/mol. The number of anilines is 2. The van der Waals surface area contributed by atoms with Gasteiger partial charge in [-0.1, -0.05) is 23.8 Å². The van der Waals surface area contributed by atoms with Gasteiger partial charge in [0.25, 0.3) is 0 Å². The molecule has 1 aromatic carbocycles. The van der Waals surface area contributed by atoms with Crippen LogP contribution in [0.2, 0.25) is 0 Å². The Kier molecular flexibility index (Phi) is 3.60. The maximum atomic E-state index is 12.5. The Labute approximate surface area is 124 Å². The minimum Gasteiger partial charge on any atom is -0.358 e. The first kappa shape index (κ1) is 13.6. The zero-order valence-corrected chi connectivity index (χ0v) is 12.3. The number of aromatic nitrogens is 1. The van der Waals surface area contributed by atoms with Crippen LogP contribution in [0.3, 0.4) is 0 Å². The minimum atomic E-state index is -0.194. The summed E-state index contributed by atoms with van der Waals surface area (Å²) in [6, 6.07) is 13.7. The fourth-order valence-electron chi connectivity index (χ4n) is 2.60. The van der Waals surface area contributed by atoms with Crippen molar-refractivity contribution in [1.82, 2.24) is 4.98 Å². The second kappa shape index (κ2) is 5.56. The van der Waals surface area contributed by atoms with Crippen LogP contribution in [-0.2, 0) is 4.79 Å². The van der Waals surface area contributed by atoms with Crippen molar-refractivity contribution in [3.05, 3.63) is 53.7 Å². The van der Waals surface area contributed by atoms with Crippen LogP contribution in [0.25, 0.3) is 0 Å². The highest BCUT2D eigenvalue weighted by Crippen LogP contribution is 2.23. The number of hydrogen-bond donors (Lipinski definition) is 1. The molecule has 1 aliphatic heterocycles. The largest absolute Gasteiger partial charge is 0.358 e. The average Bonchev–Trinajstić information content (AvgIpc) is 2.81. The Hall–Kier alpha value is -2.36. The molecule has 0 spiro atoms. The van der Waals surface area contributed by atoms with Crippen molar-refractivity contribution in [3.8, 4) is 0 Å². The summed E-state index contributed by atoms with van der Waals surface area (Å²) in [5.74, 6) is 0.876. The number of aryl methyl sites for hydroxylation is 2. The third-order valence-electron chi connectivity index (χ3n) is 3.76. The van der Waals surface area contributed by atoms with Gasteiger partial charge in [-0.3, -0.25) is 4.79 Å². The molecule has 1 atom stereocenters. The number of amides is 1. The predicted molar refractivity (Wildman–Crippen MR) is 84.5 cm³/mol. The summed E-state index contributed by atoms with van der Waals surface area (Å²) >= 11 is 0. The molecule has 4 heteroatoms. The first-order valence-corrected chi connectivity index (χ1v) is 7.22. The van der Waals surface area contributed by atoms with Gasteiger partial charge in [-0.25, -0.2) is 4.98 Å². The SMILES string of the molecule is Cc1ccc(N2CCC(Nc3cccc(C)n3)C2=O)cc1. The van der Waals surface area contributed by atoms with E-state index in [-0.39, 0.29) is 11.9 Å². The Morgan fingerprint density at radius 2 is 1.90 bits per heavy atom. The zero-order chi connectivity index (χ0) is 14.8. The summed E-state index contributed by atoms with van der Waals surface area (Å²) in [5.41, 5.74) is 3.11. The van der Waals surface area contributed by atoms with Gasteiger partial charge in [0.15, 0.2) is 0 Å². The van der Waals surface area contributed by atoms with Gasteiger partial charge in [0.1, 0.15) is 11.9 Å². The van der Waals surface area contributed by atoms with Crippen LogP contribution in [0.5, 0.6) is 0 Å². The molecule has 1 N–H and O–H groups in total. The van der Waals surface area contributed by atoms with E-state index in [0.29, 0.717) is 0 Å². The quantitative estimate of drug-likeness (QED) is 0.941. The highest BCUT2D eigenvalue weighted by molar-refractivity contribution is 6.00. The molecule has 0 saturated carbocycles. The van der Waals surface area contributed by atoms with Crippen molar-refractivity contribution >= 4 is 17.4 Å². The van der Waals surface area contributed by atoms with Crippen molar-refractivity contribution in [2.24, 2.45) is 0 Å². The summed E-state index contributed by atoms with van der Waals surface area (Å²) in [4.78, 5) is 18.8. The summed E-state index contributed by atoms with van der Waals surface area (Å²) in [6.45, 7) is 4.73. The highest BCUT2D eigenvalue weighted by atomic mass is 16.2. The van der Waals surface area contributed by atoms with Crippen LogP contribution in [0, 0.1) is 13.8 Å². The van der Waals surface area contributed by atoms with E-state index >= 15 is 0 Å². The molecule has 1 fully saturated rings. The van der Waals surface area contributed by atoms with Gasteiger partial charge in [0, 0.05) is 17.9 Å². The molecule has 1 amide bonds. The summed E-state index contributed by atoms with van der Waals surface area (Å²) in [6.07, 6.45) is 0.794. The average molecular weight is 281 g/mol. The predicted octanol–water partition coefficient (Wildman–Crippen LogP) is 2.92. The zero-order valence-electron chi connectivity index (χ0n) is 12.3. The molecule has 1 aliphatic rings. The van der Waals surface area contributed by atoms with Crippen molar-refractivity contribution in [2.45, 2.75) is 26.3 Å². The first-order valence-electron chi connectivity index (χ1n) is 7.22. The smallest absolute Gasteiger partial charge is 0.249 e. The van der Waals surface area contributed by atoms with Gasteiger partial charge < -0.3 is 10.2 Å². The maximum Gasteiger partial charge on any atom is 0.249 e. The Bertz CT molecular complexity index is 651. The number of nitrogens with one attached hydrogen (secondary N) is 1. The van der Waals surface area contributed by atoms with Crippen LogP contribution in [-0.4, -0.2) is 23.5 Å². The number of carbonyl (C=O) groups is 1. The Balaban J connectivity index is 1.73. The molecule has 0 aliphatic carbocycles. The van der Waals surface area contributed by atoms with Gasteiger partial charge in [0.05, 0.1) is 0 Å². The Morgan fingerprint density at radius 1 is 1.14 bits per heavy atom. The molecule has 0 bridgehead atoms. The summed E-state index contributed by atoms with van der Waals surface area (Å²) in [5, 5.41) is 3.24. The van der Waals surface area contributed by atoms with Crippen molar-refractivity contribution in [1.29, 1.82) is 0 Å². The lowest BCUT2D eigenvalue weighted by molar-refractivity contribution is -0.117. The van der Waals surface area contributed by atoms with E-state index in [1.807, 2.05) is 61.2 Å². The molecule has 2 heterocycles. The Morgan fingerprint density at radius 3 is 2.62 bits per heavy atom. The molecule has 1 saturated heterocycles. The normalized spacial score (nSPS) is 18.1. The lowest BCUT2D eigenvalue weighted by atomic mass is 10.2. The number of nitrogens with zero attached hydrogens (tertiary/aromatic N) is 2. The van der Waals surface area contributed by atoms with Crippen molar-refractivity contribution in [2.75, 3.05) is 16.8 Å². The topological polar surface area (TPSA) is 45.2 Å². The van der Waals surface area contributed by atoms with Crippen molar-refractivity contribution in [3.63, 3.8) is 0 Å². The summed E-state index contributed by atoms with van der Waals surface area (Å²) in [7, 11) is 0. The van der Waals surface area contributed by atoms with Gasteiger partial charge in [-0.2, -0.15) is 0 Å². The molecule has 3 rings (SSSR count). The minimum absolute atomic E-state index is 0.113. The fourth-order valence-corrected chi connectivity index (χ4v) is 2.60. The van der Waals surface area contributed by atoms with E-state index in [4.69, 9.17) is 0 Å². The van der Waals surface area contributed by atoms with Crippen LogP contribution in [0.1, 0.15) is 17.7 Å². The second-order valence-corrected chi connectivity index (χ2v) is 5.48. The molecule has 21 heavy (non-hydrogen) atoms. The van der Waals surface area contributed by atoms with E-state index in [1.54, 1.807) is 0 Å². The van der Waals surface area contributed by atoms with E-state index in [1.165, 1.54) is 5.56 Å². The van der Waals surface area contributed by atoms with Crippen LogP contribution in [0.15, 0.2) is 42.5 Å². The van der Waals surface area contributed by atoms with Gasteiger partial charge in [-0.15, -0.1) is 0 Å². The number of carbonyl (C=O) groups excluding carboxylic acids is 1. The number of pyridine rings is 1. The number of rotatable bonds is 3. The molecule has 2 aromatic rings. The molecule has 0 radical (unpaired) electrons. The maximum absolute atomic E-state index is 12.5. The van der Waals surface area contributed by atoms with Crippen LogP contribution in [0.4, 0.5) is 11.5 Å². The lowest BCUT2D eigenvalue weighted by Gasteiger charge is -2.17. The van der Waals surface area contributed by atoms with E-state index < -0.39 is 0 Å². The molecule has 4 nitrogen and oxygen atoms in total. The molecule has 1 aromatic heterocycles. The highest BCUT2D eigenvalue weighted by Gasteiger charge is 2.32. The number of hydrogen-bond acceptors (Lipinski definition) is 3. The van der Waals surface area contributed by atoms with Gasteiger partial charge in [0.2, 0.25) is 5.91 Å². The molecule has 1 unspecified atom stereocenters. The molecular formula is C17H19N3O. The molecule has 108 valence electrons. The van der Waals surface area contributed by atoms with E-state index in [0.717, 1.165) is 30.2 Å². The van der Waals surface area contributed by atoms with E-state index in [2.05, 4.69) is 10.3 Å². The van der Waals surface area contributed by atoms with Crippen LogP contribution >= 0.6 is 0 Å². The standard InChI is InChI=1S/C17H19N3O/c1-12-6-8-14(9-7-12)20-11-10-15(17(20)21)19-16-5-3-4-13(2)18-16/h3-9,15H,10-11H2,1-2H3,(H,18,19). The van der Waals surface area contributed by atoms with Crippen molar-refractivity contribution < 1.29 is 4.79 Å². The van der Waals surface area contributed by atoms with Gasteiger partial charge in [-0.05, 0) is 44.5 Å².